The number of fused-ring (bicyclic) bond motifs is 1. The molecule has 1 aliphatic rings. The molecule has 31 heavy (non-hydrogen) atoms. The van der Waals surface area contributed by atoms with Crippen LogP contribution in [0.3, 0.4) is 0 Å². The molecule has 0 bridgehead atoms. The number of ether oxygens (including phenoxy) is 3. The number of carbonyl (C=O) groups is 1. The molecule has 3 aromatic rings. The van der Waals surface area contributed by atoms with E-state index in [1.54, 1.807) is 19.1 Å². The predicted molar refractivity (Wildman–Crippen MR) is 103 cm³/mol. The third-order valence-corrected chi connectivity index (χ3v) is 4.73. The summed E-state index contributed by atoms with van der Waals surface area (Å²) in [7, 11) is 0. The first kappa shape index (κ1) is 20.9. The van der Waals surface area contributed by atoms with Crippen LogP contribution in [0, 0.1) is 6.92 Å². The molecule has 2 aromatic carbocycles. The largest absolute Gasteiger partial charge is 0.453 e. The lowest BCUT2D eigenvalue weighted by Gasteiger charge is -2.14. The number of hydrogen-bond donors (Lipinski definition) is 0. The Morgan fingerprint density at radius 1 is 1.10 bits per heavy atom. The van der Waals surface area contributed by atoms with Gasteiger partial charge in [0.15, 0.2) is 6.10 Å². The third-order valence-electron chi connectivity index (χ3n) is 4.73. The number of alkyl halides is 3. The van der Waals surface area contributed by atoms with E-state index in [-0.39, 0.29) is 22.5 Å². The minimum Gasteiger partial charge on any atom is -0.449 e. The van der Waals surface area contributed by atoms with Crippen molar-refractivity contribution in [2.24, 2.45) is 0 Å². The number of aryl methyl sites for hydroxylation is 1. The number of benzene rings is 2. The summed E-state index contributed by atoms with van der Waals surface area (Å²) in [5, 5.41) is -0.146. The molecule has 4 rings (SSSR count). The lowest BCUT2D eigenvalue weighted by molar-refractivity contribution is -0.154. The van der Waals surface area contributed by atoms with E-state index in [0.717, 1.165) is 11.6 Å². The van der Waals surface area contributed by atoms with Crippen LogP contribution in [0.15, 0.2) is 51.7 Å². The quantitative estimate of drug-likeness (QED) is 0.425. The molecule has 1 fully saturated rings. The van der Waals surface area contributed by atoms with Crippen molar-refractivity contribution in [2.75, 3.05) is 6.61 Å². The number of rotatable bonds is 4. The Hall–Kier alpha value is -3.33. The second kappa shape index (κ2) is 8.07. The summed E-state index contributed by atoms with van der Waals surface area (Å²) in [4.78, 5) is 24.9. The average molecular weight is 434 g/mol. The van der Waals surface area contributed by atoms with E-state index in [2.05, 4.69) is 0 Å². The van der Waals surface area contributed by atoms with Crippen LogP contribution >= 0.6 is 0 Å². The fourth-order valence-electron chi connectivity index (χ4n) is 3.17. The summed E-state index contributed by atoms with van der Waals surface area (Å²) >= 11 is 0. The fraction of sp³-hybridized carbons (Fsp3) is 0.273. The van der Waals surface area contributed by atoms with Crippen LogP contribution in [0.2, 0.25) is 0 Å². The molecule has 0 N–H and O–H groups in total. The Morgan fingerprint density at radius 2 is 1.81 bits per heavy atom. The zero-order chi connectivity index (χ0) is 22.2. The molecule has 1 atom stereocenters. The normalized spacial score (nSPS) is 16.5. The number of halogens is 3. The predicted octanol–water partition coefficient (Wildman–Crippen LogP) is 5.00. The first-order valence-electron chi connectivity index (χ1n) is 9.48. The van der Waals surface area contributed by atoms with E-state index in [4.69, 9.17) is 18.6 Å². The van der Waals surface area contributed by atoms with Gasteiger partial charge in [0.25, 0.3) is 5.76 Å². The minimum absolute atomic E-state index is 0.0588. The molecular formula is C22H17F3O6. The summed E-state index contributed by atoms with van der Waals surface area (Å²) in [5.41, 5.74) is -0.503. The molecule has 0 spiro atoms. The fourth-order valence-corrected chi connectivity index (χ4v) is 3.17. The summed E-state index contributed by atoms with van der Waals surface area (Å²) in [6.45, 7) is 2.24. The highest BCUT2D eigenvalue weighted by Gasteiger charge is 2.40. The van der Waals surface area contributed by atoms with Gasteiger partial charge in [0.2, 0.25) is 11.2 Å². The van der Waals surface area contributed by atoms with Crippen LogP contribution in [0.4, 0.5) is 13.2 Å². The van der Waals surface area contributed by atoms with Crippen LogP contribution < -0.4 is 14.9 Å². The summed E-state index contributed by atoms with van der Waals surface area (Å²) in [5.74, 6) is -3.20. The van der Waals surface area contributed by atoms with Crippen molar-refractivity contribution in [2.45, 2.75) is 32.0 Å². The van der Waals surface area contributed by atoms with Crippen LogP contribution in [0.25, 0.3) is 11.0 Å². The molecule has 0 amide bonds. The van der Waals surface area contributed by atoms with E-state index in [0.29, 0.717) is 19.4 Å². The van der Waals surface area contributed by atoms with Crippen LogP contribution in [0.5, 0.6) is 17.2 Å². The molecule has 1 unspecified atom stereocenters. The Balaban J connectivity index is 1.74. The maximum absolute atomic E-state index is 13.6. The first-order valence-corrected chi connectivity index (χ1v) is 9.48. The Bertz CT molecular complexity index is 1170. The molecule has 0 saturated carbocycles. The monoisotopic (exact) mass is 434 g/mol. The van der Waals surface area contributed by atoms with Gasteiger partial charge in [-0.2, -0.15) is 13.2 Å². The van der Waals surface area contributed by atoms with Crippen LogP contribution in [-0.2, 0) is 15.7 Å². The topological polar surface area (TPSA) is 75.0 Å². The Labute approximate surface area is 174 Å². The molecule has 0 aliphatic carbocycles. The van der Waals surface area contributed by atoms with Gasteiger partial charge in [0.1, 0.15) is 17.1 Å². The summed E-state index contributed by atoms with van der Waals surface area (Å²) in [6, 6.07) is 9.77. The average Bonchev–Trinajstić information content (AvgIpc) is 3.26. The van der Waals surface area contributed by atoms with Crippen LogP contribution in [-0.4, -0.2) is 18.7 Å². The van der Waals surface area contributed by atoms with Gasteiger partial charge in [0, 0.05) is 12.7 Å². The van der Waals surface area contributed by atoms with Crippen LogP contribution in [0.1, 0.15) is 24.2 Å². The Kier molecular flexibility index (Phi) is 5.45. The molecule has 9 heteroatoms. The van der Waals surface area contributed by atoms with E-state index in [1.165, 1.54) is 24.3 Å². The van der Waals surface area contributed by atoms with E-state index in [1.807, 2.05) is 0 Å². The molecule has 2 heterocycles. The Morgan fingerprint density at radius 3 is 2.45 bits per heavy atom. The van der Waals surface area contributed by atoms with Gasteiger partial charge in [-0.15, -0.1) is 0 Å². The lowest BCUT2D eigenvalue weighted by atomic mass is 10.2. The SMILES string of the molecule is Cc1ccc(Oc2c(C(F)(F)F)oc3cc(OC(=O)C4CCCO4)ccc3c2=O)cc1. The molecule has 162 valence electrons. The highest BCUT2D eigenvalue weighted by atomic mass is 19.4. The standard InChI is InChI=1S/C22H17F3O6/c1-12-4-6-13(7-5-12)29-19-18(26)15-9-8-14(30-21(27)16-3-2-10-28-16)11-17(15)31-20(19)22(23,24)25/h4-9,11,16H,2-3,10H2,1H3. The van der Waals surface area contributed by atoms with Crippen molar-refractivity contribution in [3.05, 3.63) is 64.0 Å². The molecule has 1 aromatic heterocycles. The third kappa shape index (κ3) is 4.41. The van der Waals surface area contributed by atoms with E-state index >= 15 is 0 Å². The summed E-state index contributed by atoms with van der Waals surface area (Å²) < 4.78 is 61.5. The van der Waals surface area contributed by atoms with Gasteiger partial charge in [-0.1, -0.05) is 17.7 Å². The van der Waals surface area contributed by atoms with Gasteiger partial charge in [-0.05, 0) is 44.0 Å². The highest BCUT2D eigenvalue weighted by Crippen LogP contribution is 2.38. The van der Waals surface area contributed by atoms with Gasteiger partial charge < -0.3 is 18.6 Å². The second-order valence-electron chi connectivity index (χ2n) is 7.08. The van der Waals surface area contributed by atoms with Gasteiger partial charge in [-0.25, -0.2) is 4.79 Å². The zero-order valence-electron chi connectivity index (χ0n) is 16.3. The number of esters is 1. The van der Waals surface area contributed by atoms with Crippen molar-refractivity contribution in [1.29, 1.82) is 0 Å². The number of hydrogen-bond acceptors (Lipinski definition) is 6. The zero-order valence-corrected chi connectivity index (χ0v) is 16.3. The number of carbonyl (C=O) groups excluding carboxylic acids is 1. The molecule has 1 saturated heterocycles. The smallest absolute Gasteiger partial charge is 0.449 e. The second-order valence-corrected chi connectivity index (χ2v) is 7.08. The van der Waals surface area contributed by atoms with Gasteiger partial charge in [-0.3, -0.25) is 4.79 Å². The molecule has 6 nitrogen and oxygen atoms in total. The highest BCUT2D eigenvalue weighted by molar-refractivity contribution is 5.82. The van der Waals surface area contributed by atoms with Crippen molar-refractivity contribution >= 4 is 16.9 Å². The van der Waals surface area contributed by atoms with Crippen molar-refractivity contribution in [1.82, 2.24) is 0 Å². The maximum Gasteiger partial charge on any atom is 0.453 e. The van der Waals surface area contributed by atoms with Gasteiger partial charge >= 0.3 is 12.1 Å². The maximum atomic E-state index is 13.6. The minimum atomic E-state index is -4.99. The molecular weight excluding hydrogens is 417 g/mol. The molecule has 1 aliphatic heterocycles. The lowest BCUT2D eigenvalue weighted by Crippen LogP contribution is -2.24. The van der Waals surface area contributed by atoms with Gasteiger partial charge in [0.05, 0.1) is 5.39 Å². The summed E-state index contributed by atoms with van der Waals surface area (Å²) in [6.07, 6.45) is -4.50. The van der Waals surface area contributed by atoms with Crippen molar-refractivity contribution < 1.29 is 36.6 Å². The van der Waals surface area contributed by atoms with E-state index in [9.17, 15) is 22.8 Å². The first-order chi connectivity index (χ1) is 14.7. The van der Waals surface area contributed by atoms with E-state index < -0.39 is 35.2 Å². The molecule has 0 radical (unpaired) electrons. The van der Waals surface area contributed by atoms with Crippen molar-refractivity contribution in [3.63, 3.8) is 0 Å². The van der Waals surface area contributed by atoms with Crippen molar-refractivity contribution in [3.8, 4) is 17.2 Å².